The molecule has 0 N–H and O–H groups in total. The maximum Gasteiger partial charge on any atom is 0.159 e. The Morgan fingerprint density at radius 1 is 1.13 bits per heavy atom. The van der Waals surface area contributed by atoms with Crippen LogP contribution in [0.5, 0.6) is 0 Å². The van der Waals surface area contributed by atoms with Crippen molar-refractivity contribution in [1.29, 1.82) is 0 Å². The first-order chi connectivity index (χ1) is 7.16. The first kappa shape index (κ1) is 10.6. The highest BCUT2D eigenvalue weighted by Gasteiger charge is 2.14. The Labute approximate surface area is 88.7 Å². The van der Waals surface area contributed by atoms with Gasteiger partial charge in [0.1, 0.15) is 0 Å². The molecule has 1 aromatic carbocycles. The van der Waals surface area contributed by atoms with Crippen molar-refractivity contribution in [2.75, 3.05) is 13.1 Å². The largest absolute Gasteiger partial charge is 0.299 e. The number of rotatable bonds is 2. The van der Waals surface area contributed by atoms with Crippen LogP contribution in [0.15, 0.2) is 12.1 Å². The van der Waals surface area contributed by atoms with Gasteiger partial charge in [-0.2, -0.15) is 0 Å². The summed E-state index contributed by atoms with van der Waals surface area (Å²) in [7, 11) is 0. The number of nitrogens with zero attached hydrogens (tertiary/aromatic N) is 1. The smallest absolute Gasteiger partial charge is 0.159 e. The zero-order chi connectivity index (χ0) is 10.8. The van der Waals surface area contributed by atoms with Crippen molar-refractivity contribution in [2.24, 2.45) is 0 Å². The lowest BCUT2D eigenvalue weighted by atomic mass is 10.1. The summed E-state index contributed by atoms with van der Waals surface area (Å²) in [5.41, 5.74) is 1.73. The van der Waals surface area contributed by atoms with E-state index in [0.29, 0.717) is 0 Å². The van der Waals surface area contributed by atoms with Crippen molar-refractivity contribution in [3.05, 3.63) is 34.9 Å². The van der Waals surface area contributed by atoms with Crippen LogP contribution in [0.2, 0.25) is 0 Å². The highest BCUT2D eigenvalue weighted by molar-refractivity contribution is 5.27. The molecule has 3 heteroatoms. The van der Waals surface area contributed by atoms with E-state index in [1.165, 1.54) is 25.0 Å². The normalized spacial score (nSPS) is 17.3. The van der Waals surface area contributed by atoms with Crippen LogP contribution in [0.4, 0.5) is 8.78 Å². The fourth-order valence-electron chi connectivity index (χ4n) is 2.04. The summed E-state index contributed by atoms with van der Waals surface area (Å²) in [4.78, 5) is 2.28. The Morgan fingerprint density at radius 3 is 2.40 bits per heavy atom. The van der Waals surface area contributed by atoms with Gasteiger partial charge in [0.2, 0.25) is 0 Å². The van der Waals surface area contributed by atoms with E-state index in [2.05, 4.69) is 4.90 Å². The maximum atomic E-state index is 13.0. The third-order valence-corrected chi connectivity index (χ3v) is 2.97. The maximum absolute atomic E-state index is 13.0. The average Bonchev–Trinajstić information content (AvgIpc) is 2.67. The summed E-state index contributed by atoms with van der Waals surface area (Å²) in [5.74, 6) is -1.49. The molecule has 0 atom stereocenters. The van der Waals surface area contributed by atoms with E-state index in [-0.39, 0.29) is 0 Å². The van der Waals surface area contributed by atoms with Gasteiger partial charge in [0.25, 0.3) is 0 Å². The van der Waals surface area contributed by atoms with E-state index in [0.717, 1.165) is 30.8 Å². The molecule has 82 valence electrons. The minimum absolute atomic E-state index is 0.739. The molecule has 15 heavy (non-hydrogen) atoms. The van der Waals surface area contributed by atoms with Gasteiger partial charge in [0, 0.05) is 6.54 Å². The third-order valence-electron chi connectivity index (χ3n) is 2.97. The van der Waals surface area contributed by atoms with E-state index in [1.54, 1.807) is 0 Å². The lowest BCUT2D eigenvalue weighted by Crippen LogP contribution is -2.19. The lowest BCUT2D eigenvalue weighted by Gasteiger charge is -2.16. The van der Waals surface area contributed by atoms with Crippen molar-refractivity contribution in [2.45, 2.75) is 26.3 Å². The summed E-state index contributed by atoms with van der Waals surface area (Å²) in [6.45, 7) is 4.70. The van der Waals surface area contributed by atoms with Gasteiger partial charge in [-0.1, -0.05) is 0 Å². The molecule has 2 rings (SSSR count). The molecular formula is C12H15F2N. The first-order valence-electron chi connectivity index (χ1n) is 5.33. The molecule has 0 spiro atoms. The molecule has 0 saturated carbocycles. The van der Waals surface area contributed by atoms with Gasteiger partial charge in [0.15, 0.2) is 11.6 Å². The van der Waals surface area contributed by atoms with Crippen LogP contribution in [0.1, 0.15) is 24.0 Å². The molecule has 0 radical (unpaired) electrons. The van der Waals surface area contributed by atoms with E-state index in [1.807, 2.05) is 6.92 Å². The van der Waals surface area contributed by atoms with Crippen molar-refractivity contribution in [3.63, 3.8) is 0 Å². The predicted octanol–water partition coefficient (Wildman–Crippen LogP) is 2.87. The van der Waals surface area contributed by atoms with Crippen LogP contribution in [0.25, 0.3) is 0 Å². The molecule has 0 amide bonds. The Balaban J connectivity index is 2.16. The highest BCUT2D eigenvalue weighted by Crippen LogP contribution is 2.18. The van der Waals surface area contributed by atoms with Crippen LogP contribution in [0, 0.1) is 18.6 Å². The van der Waals surface area contributed by atoms with Crippen LogP contribution < -0.4 is 0 Å². The number of hydrogen-bond acceptors (Lipinski definition) is 1. The quantitative estimate of drug-likeness (QED) is 0.727. The third kappa shape index (κ3) is 2.34. The molecule has 1 saturated heterocycles. The molecule has 1 nitrogen and oxygen atoms in total. The second-order valence-electron chi connectivity index (χ2n) is 4.18. The minimum Gasteiger partial charge on any atom is -0.299 e. The van der Waals surface area contributed by atoms with Gasteiger partial charge in [-0.3, -0.25) is 4.90 Å². The fourth-order valence-corrected chi connectivity index (χ4v) is 2.04. The number of benzene rings is 1. The molecule has 0 bridgehead atoms. The van der Waals surface area contributed by atoms with Gasteiger partial charge in [-0.05, 0) is 56.1 Å². The van der Waals surface area contributed by atoms with E-state index < -0.39 is 11.6 Å². The number of aryl methyl sites for hydroxylation is 1. The van der Waals surface area contributed by atoms with E-state index >= 15 is 0 Å². The second-order valence-corrected chi connectivity index (χ2v) is 4.18. The summed E-state index contributed by atoms with van der Waals surface area (Å²) >= 11 is 0. The van der Waals surface area contributed by atoms with Crippen LogP contribution in [-0.4, -0.2) is 18.0 Å². The van der Waals surface area contributed by atoms with Gasteiger partial charge in [-0.25, -0.2) is 8.78 Å². The molecule has 1 aliphatic heterocycles. The lowest BCUT2D eigenvalue weighted by molar-refractivity contribution is 0.329. The molecule has 1 aliphatic rings. The SMILES string of the molecule is Cc1cc(F)c(F)cc1CN1CCCC1. The molecule has 0 aromatic heterocycles. The van der Waals surface area contributed by atoms with Gasteiger partial charge >= 0.3 is 0 Å². The molecule has 0 aliphatic carbocycles. The van der Waals surface area contributed by atoms with Gasteiger partial charge < -0.3 is 0 Å². The second kappa shape index (κ2) is 4.27. The van der Waals surface area contributed by atoms with Crippen molar-refractivity contribution in [1.82, 2.24) is 4.90 Å². The first-order valence-corrected chi connectivity index (χ1v) is 5.33. The molecule has 1 aromatic rings. The minimum atomic E-state index is -0.752. The summed E-state index contributed by atoms with van der Waals surface area (Å²) in [6, 6.07) is 2.60. The van der Waals surface area contributed by atoms with Crippen LogP contribution in [-0.2, 0) is 6.54 Å². The fraction of sp³-hybridized carbons (Fsp3) is 0.500. The number of likely N-dealkylation sites (tertiary alicyclic amines) is 1. The molecule has 0 unspecified atom stereocenters. The number of hydrogen-bond donors (Lipinski definition) is 0. The van der Waals surface area contributed by atoms with Crippen LogP contribution >= 0.6 is 0 Å². The van der Waals surface area contributed by atoms with Crippen molar-refractivity contribution < 1.29 is 8.78 Å². The van der Waals surface area contributed by atoms with Crippen molar-refractivity contribution in [3.8, 4) is 0 Å². The highest BCUT2D eigenvalue weighted by atomic mass is 19.2. The number of halogens is 2. The average molecular weight is 211 g/mol. The van der Waals surface area contributed by atoms with Gasteiger partial charge in [0.05, 0.1) is 0 Å². The zero-order valence-corrected chi connectivity index (χ0v) is 8.89. The van der Waals surface area contributed by atoms with Crippen LogP contribution in [0.3, 0.4) is 0 Å². The Bertz CT molecular complexity index is 357. The van der Waals surface area contributed by atoms with Gasteiger partial charge in [-0.15, -0.1) is 0 Å². The van der Waals surface area contributed by atoms with Crippen molar-refractivity contribution >= 4 is 0 Å². The standard InChI is InChI=1S/C12H15F2N/c1-9-6-11(13)12(14)7-10(9)8-15-4-2-3-5-15/h6-7H,2-5,8H2,1H3. The Morgan fingerprint density at radius 2 is 1.73 bits per heavy atom. The topological polar surface area (TPSA) is 3.24 Å². The Kier molecular flexibility index (Phi) is 3.00. The zero-order valence-electron chi connectivity index (χ0n) is 8.89. The predicted molar refractivity (Wildman–Crippen MR) is 55.6 cm³/mol. The molecular weight excluding hydrogens is 196 g/mol. The van der Waals surface area contributed by atoms with E-state index in [9.17, 15) is 8.78 Å². The summed E-state index contributed by atoms with van der Waals surface area (Å²) in [6.07, 6.45) is 2.42. The summed E-state index contributed by atoms with van der Waals surface area (Å²) < 4.78 is 25.9. The molecule has 1 fully saturated rings. The summed E-state index contributed by atoms with van der Waals surface area (Å²) in [5, 5.41) is 0. The Hall–Kier alpha value is -0.960. The monoisotopic (exact) mass is 211 g/mol. The van der Waals surface area contributed by atoms with E-state index in [4.69, 9.17) is 0 Å². The molecule has 1 heterocycles.